The van der Waals surface area contributed by atoms with Crippen LogP contribution in [0.1, 0.15) is 44.4 Å². The lowest BCUT2D eigenvalue weighted by atomic mass is 9.86. The maximum atomic E-state index is 13.4. The number of thiazole rings is 1. The lowest BCUT2D eigenvalue weighted by Crippen LogP contribution is -2.11. The van der Waals surface area contributed by atoms with Crippen LogP contribution in [-0.4, -0.2) is 10.7 Å². The highest BCUT2D eigenvalue weighted by Gasteiger charge is 2.13. The summed E-state index contributed by atoms with van der Waals surface area (Å²) >= 11 is 1.47. The van der Waals surface area contributed by atoms with Crippen molar-refractivity contribution in [1.29, 1.82) is 0 Å². The average Bonchev–Trinajstić information content (AvgIpc) is 3.10. The number of benzene rings is 2. The van der Waals surface area contributed by atoms with Crippen molar-refractivity contribution in [2.24, 2.45) is 5.10 Å². The van der Waals surface area contributed by atoms with Crippen LogP contribution in [0, 0.1) is 12.7 Å². The van der Waals surface area contributed by atoms with Gasteiger partial charge in [0.1, 0.15) is 5.82 Å². The van der Waals surface area contributed by atoms with Gasteiger partial charge in [-0.1, -0.05) is 45.0 Å². The van der Waals surface area contributed by atoms with Crippen LogP contribution in [-0.2, 0) is 5.41 Å². The summed E-state index contributed by atoms with van der Waals surface area (Å²) in [6.07, 6.45) is 0. The number of hydrazone groups is 1. The second kappa shape index (κ2) is 7.61. The predicted molar refractivity (Wildman–Crippen MR) is 113 cm³/mol. The minimum atomic E-state index is -0.204. The van der Waals surface area contributed by atoms with Crippen LogP contribution in [0.15, 0.2) is 52.9 Å². The van der Waals surface area contributed by atoms with Crippen LogP contribution in [0.4, 0.5) is 9.52 Å². The molecule has 3 nitrogen and oxygen atoms in total. The van der Waals surface area contributed by atoms with Crippen molar-refractivity contribution in [3.8, 4) is 11.3 Å². The fourth-order valence-corrected chi connectivity index (χ4v) is 3.33. The molecule has 0 fully saturated rings. The van der Waals surface area contributed by atoms with E-state index in [-0.39, 0.29) is 11.2 Å². The molecule has 1 heterocycles. The van der Waals surface area contributed by atoms with Crippen molar-refractivity contribution in [1.82, 2.24) is 4.98 Å². The Bertz CT molecular complexity index is 966. The van der Waals surface area contributed by atoms with Gasteiger partial charge in [-0.25, -0.2) is 9.37 Å². The Balaban J connectivity index is 1.72. The molecule has 1 N–H and O–H groups in total. The molecule has 0 atom stereocenters. The number of hydrogen-bond acceptors (Lipinski definition) is 4. The zero-order valence-electron chi connectivity index (χ0n) is 16.3. The van der Waals surface area contributed by atoms with Crippen molar-refractivity contribution in [2.45, 2.75) is 40.0 Å². The quantitative estimate of drug-likeness (QED) is 0.420. The van der Waals surface area contributed by atoms with Gasteiger partial charge in [-0.05, 0) is 54.2 Å². The summed E-state index contributed by atoms with van der Waals surface area (Å²) < 4.78 is 13.4. The lowest BCUT2D eigenvalue weighted by molar-refractivity contribution is 0.590. The van der Waals surface area contributed by atoms with E-state index in [1.807, 2.05) is 12.3 Å². The largest absolute Gasteiger partial charge is 0.252 e. The SMILES string of the molecule is C/C(=N/Nc1nc(-c2ccc(F)c(C)c2)cs1)c1ccc(C(C)(C)C)cc1. The predicted octanol–water partition coefficient (Wildman–Crippen LogP) is 6.39. The van der Waals surface area contributed by atoms with E-state index in [0.717, 1.165) is 22.5 Å². The van der Waals surface area contributed by atoms with E-state index in [2.05, 4.69) is 60.5 Å². The third-order valence-electron chi connectivity index (χ3n) is 4.45. The molecule has 0 bridgehead atoms. The summed E-state index contributed by atoms with van der Waals surface area (Å²) in [6.45, 7) is 10.3. The number of aromatic nitrogens is 1. The van der Waals surface area contributed by atoms with Crippen LogP contribution in [0.3, 0.4) is 0 Å². The Kier molecular flexibility index (Phi) is 5.42. The molecule has 0 aliphatic carbocycles. The summed E-state index contributed by atoms with van der Waals surface area (Å²) in [7, 11) is 0. The molecule has 0 unspecified atom stereocenters. The first-order valence-electron chi connectivity index (χ1n) is 8.87. The first-order valence-corrected chi connectivity index (χ1v) is 9.75. The number of aryl methyl sites for hydroxylation is 1. The molecule has 3 aromatic rings. The number of halogens is 1. The molecule has 0 amide bonds. The highest BCUT2D eigenvalue weighted by atomic mass is 32.1. The van der Waals surface area contributed by atoms with Gasteiger partial charge in [-0.3, -0.25) is 5.43 Å². The molecule has 2 aromatic carbocycles. The number of hydrogen-bond donors (Lipinski definition) is 1. The molecule has 0 aliphatic rings. The second-order valence-corrected chi connectivity index (χ2v) is 8.50. The third kappa shape index (κ3) is 4.61. The summed E-state index contributed by atoms with van der Waals surface area (Å²) in [4.78, 5) is 4.54. The van der Waals surface area contributed by atoms with Gasteiger partial charge in [0.2, 0.25) is 5.13 Å². The van der Waals surface area contributed by atoms with Crippen LogP contribution >= 0.6 is 11.3 Å². The molecular formula is C22H24FN3S. The zero-order valence-corrected chi connectivity index (χ0v) is 17.1. The summed E-state index contributed by atoms with van der Waals surface area (Å²) in [5.74, 6) is -0.204. The molecule has 3 rings (SSSR count). The monoisotopic (exact) mass is 381 g/mol. The molecule has 5 heteroatoms. The Morgan fingerprint density at radius 2 is 1.81 bits per heavy atom. The van der Waals surface area contributed by atoms with E-state index >= 15 is 0 Å². The van der Waals surface area contributed by atoms with E-state index in [1.165, 1.54) is 23.0 Å². The number of rotatable bonds is 4. The molecule has 0 saturated heterocycles. The van der Waals surface area contributed by atoms with Gasteiger partial charge in [0, 0.05) is 10.9 Å². The molecule has 0 spiro atoms. The highest BCUT2D eigenvalue weighted by molar-refractivity contribution is 7.14. The van der Waals surface area contributed by atoms with Crippen LogP contribution in [0.5, 0.6) is 0 Å². The molecule has 0 aliphatic heterocycles. The fraction of sp³-hybridized carbons (Fsp3) is 0.273. The molecule has 140 valence electrons. The Hall–Kier alpha value is -2.53. The maximum absolute atomic E-state index is 13.4. The normalized spacial score (nSPS) is 12.3. The van der Waals surface area contributed by atoms with Gasteiger partial charge in [0.05, 0.1) is 11.4 Å². The smallest absolute Gasteiger partial charge is 0.203 e. The van der Waals surface area contributed by atoms with Gasteiger partial charge in [0.15, 0.2) is 0 Å². The van der Waals surface area contributed by atoms with Gasteiger partial charge < -0.3 is 0 Å². The molecule has 0 saturated carbocycles. The van der Waals surface area contributed by atoms with E-state index in [9.17, 15) is 4.39 Å². The highest BCUT2D eigenvalue weighted by Crippen LogP contribution is 2.26. The topological polar surface area (TPSA) is 37.3 Å². The molecule has 0 radical (unpaired) electrons. The first kappa shape index (κ1) is 19.2. The van der Waals surface area contributed by atoms with Crippen LogP contribution < -0.4 is 5.43 Å². The third-order valence-corrected chi connectivity index (χ3v) is 5.19. The van der Waals surface area contributed by atoms with Crippen molar-refractivity contribution in [3.63, 3.8) is 0 Å². The van der Waals surface area contributed by atoms with Crippen molar-refractivity contribution in [3.05, 3.63) is 70.4 Å². The number of anilines is 1. The lowest BCUT2D eigenvalue weighted by Gasteiger charge is -2.19. The average molecular weight is 382 g/mol. The minimum Gasteiger partial charge on any atom is -0.252 e. The van der Waals surface area contributed by atoms with E-state index in [0.29, 0.717) is 10.7 Å². The van der Waals surface area contributed by atoms with Crippen molar-refractivity contribution < 1.29 is 4.39 Å². The summed E-state index contributed by atoms with van der Waals surface area (Å²) in [6, 6.07) is 13.5. The fourth-order valence-electron chi connectivity index (χ4n) is 2.67. The zero-order chi connectivity index (χ0) is 19.6. The van der Waals surface area contributed by atoms with Crippen molar-refractivity contribution >= 4 is 22.2 Å². The maximum Gasteiger partial charge on any atom is 0.203 e. The van der Waals surface area contributed by atoms with Gasteiger partial charge in [-0.15, -0.1) is 11.3 Å². The second-order valence-electron chi connectivity index (χ2n) is 7.64. The van der Waals surface area contributed by atoms with Crippen molar-refractivity contribution in [2.75, 3.05) is 5.43 Å². The first-order chi connectivity index (χ1) is 12.7. The molecule has 1 aromatic heterocycles. The molecular weight excluding hydrogens is 357 g/mol. The van der Waals surface area contributed by atoms with Crippen LogP contribution in [0.2, 0.25) is 0 Å². The van der Waals surface area contributed by atoms with E-state index in [4.69, 9.17) is 0 Å². The number of nitrogens with one attached hydrogen (secondary N) is 1. The molecule has 27 heavy (non-hydrogen) atoms. The Morgan fingerprint density at radius 1 is 1.11 bits per heavy atom. The van der Waals surface area contributed by atoms with Gasteiger partial charge in [0.25, 0.3) is 0 Å². The standard InChI is InChI=1S/C22H24FN3S/c1-14-12-17(8-11-19(14)23)20-13-27-21(24-20)26-25-15(2)16-6-9-18(10-7-16)22(3,4)5/h6-13H,1-5H3,(H,24,26)/b25-15-. The van der Waals surface area contributed by atoms with Gasteiger partial charge in [-0.2, -0.15) is 5.10 Å². The van der Waals surface area contributed by atoms with E-state index in [1.54, 1.807) is 19.1 Å². The van der Waals surface area contributed by atoms with Crippen LogP contribution in [0.25, 0.3) is 11.3 Å². The summed E-state index contributed by atoms with van der Waals surface area (Å²) in [5, 5.41) is 7.10. The number of nitrogens with zero attached hydrogens (tertiary/aromatic N) is 2. The van der Waals surface area contributed by atoms with Gasteiger partial charge >= 0.3 is 0 Å². The summed E-state index contributed by atoms with van der Waals surface area (Å²) in [5.41, 5.74) is 8.75. The Morgan fingerprint density at radius 3 is 2.44 bits per heavy atom. The minimum absolute atomic E-state index is 0.137. The Labute approximate surface area is 164 Å². The van der Waals surface area contributed by atoms with E-state index < -0.39 is 0 Å².